The van der Waals surface area contributed by atoms with Crippen LogP contribution >= 0.6 is 11.6 Å². The molecule has 1 aliphatic carbocycles. The predicted molar refractivity (Wildman–Crippen MR) is 111 cm³/mol. The van der Waals surface area contributed by atoms with Gasteiger partial charge in [0.15, 0.2) is 10.9 Å². The van der Waals surface area contributed by atoms with Gasteiger partial charge in [0.1, 0.15) is 5.75 Å². The number of esters is 1. The minimum absolute atomic E-state index is 0.115. The maximum absolute atomic E-state index is 12.7. The standard InChI is InChI=1S/C23H21ClN2O3/c1-13-7-10-17(15(3)11-13)23(27)28-19-12-20(24)25-26-22(19)29-21-14(2)5-4-6-18(21)16-8-9-16/h4-7,10-12,16H,8-9H2,1-3H3. The van der Waals surface area contributed by atoms with Gasteiger partial charge in [-0.05, 0) is 62.3 Å². The average molecular weight is 409 g/mol. The van der Waals surface area contributed by atoms with Crippen molar-refractivity contribution in [1.29, 1.82) is 0 Å². The lowest BCUT2D eigenvalue weighted by atomic mass is 10.1. The van der Waals surface area contributed by atoms with Crippen LogP contribution in [0, 0.1) is 20.8 Å². The molecule has 0 amide bonds. The van der Waals surface area contributed by atoms with E-state index >= 15 is 0 Å². The Morgan fingerprint density at radius 3 is 2.55 bits per heavy atom. The maximum atomic E-state index is 12.7. The third kappa shape index (κ3) is 4.25. The summed E-state index contributed by atoms with van der Waals surface area (Å²) in [6, 6.07) is 13.0. The van der Waals surface area contributed by atoms with Gasteiger partial charge in [0.05, 0.1) is 5.56 Å². The first-order valence-electron chi connectivity index (χ1n) is 9.52. The first-order valence-corrected chi connectivity index (χ1v) is 9.90. The lowest BCUT2D eigenvalue weighted by Gasteiger charge is -2.15. The number of aromatic nitrogens is 2. The van der Waals surface area contributed by atoms with Crippen LogP contribution in [0.1, 0.15) is 51.4 Å². The molecule has 0 aliphatic heterocycles. The summed E-state index contributed by atoms with van der Waals surface area (Å²) in [7, 11) is 0. The largest absolute Gasteiger partial charge is 0.434 e. The molecule has 6 heteroatoms. The maximum Gasteiger partial charge on any atom is 0.343 e. The van der Waals surface area contributed by atoms with Crippen LogP contribution in [-0.2, 0) is 0 Å². The van der Waals surface area contributed by atoms with E-state index in [1.165, 1.54) is 6.07 Å². The molecule has 0 spiro atoms. The number of ether oxygens (including phenoxy) is 2. The van der Waals surface area contributed by atoms with Crippen molar-refractivity contribution in [3.8, 4) is 17.4 Å². The van der Waals surface area contributed by atoms with Gasteiger partial charge in [0.25, 0.3) is 5.88 Å². The van der Waals surface area contributed by atoms with E-state index in [0.717, 1.165) is 40.8 Å². The van der Waals surface area contributed by atoms with Gasteiger partial charge >= 0.3 is 5.97 Å². The summed E-state index contributed by atoms with van der Waals surface area (Å²) in [6.07, 6.45) is 2.28. The number of aryl methyl sites for hydroxylation is 3. The fourth-order valence-corrected chi connectivity index (χ4v) is 3.45. The van der Waals surface area contributed by atoms with Crippen molar-refractivity contribution in [1.82, 2.24) is 10.2 Å². The second kappa shape index (κ2) is 7.84. The van der Waals surface area contributed by atoms with Gasteiger partial charge in [0, 0.05) is 6.07 Å². The van der Waals surface area contributed by atoms with Crippen LogP contribution in [0.4, 0.5) is 0 Å². The molecule has 3 aromatic rings. The van der Waals surface area contributed by atoms with Crippen molar-refractivity contribution in [3.05, 3.63) is 75.4 Å². The van der Waals surface area contributed by atoms with Crippen LogP contribution in [0.15, 0.2) is 42.5 Å². The van der Waals surface area contributed by atoms with E-state index in [1.807, 2.05) is 45.0 Å². The van der Waals surface area contributed by atoms with Crippen molar-refractivity contribution in [2.45, 2.75) is 39.5 Å². The van der Waals surface area contributed by atoms with Crippen molar-refractivity contribution >= 4 is 17.6 Å². The summed E-state index contributed by atoms with van der Waals surface area (Å²) in [5.74, 6) is 0.981. The van der Waals surface area contributed by atoms with Crippen LogP contribution in [-0.4, -0.2) is 16.2 Å². The number of hydrogen-bond donors (Lipinski definition) is 0. The Kier molecular flexibility index (Phi) is 5.24. The molecule has 1 aromatic heterocycles. The van der Waals surface area contributed by atoms with E-state index in [4.69, 9.17) is 21.1 Å². The molecule has 29 heavy (non-hydrogen) atoms. The van der Waals surface area contributed by atoms with E-state index in [9.17, 15) is 4.79 Å². The monoisotopic (exact) mass is 408 g/mol. The summed E-state index contributed by atoms with van der Waals surface area (Å²) >= 11 is 6.00. The summed E-state index contributed by atoms with van der Waals surface area (Å²) in [6.45, 7) is 5.82. The Morgan fingerprint density at radius 2 is 1.83 bits per heavy atom. The van der Waals surface area contributed by atoms with Gasteiger partial charge in [-0.1, -0.05) is 47.5 Å². The third-order valence-corrected chi connectivity index (χ3v) is 5.14. The van der Waals surface area contributed by atoms with Crippen molar-refractivity contribution < 1.29 is 14.3 Å². The minimum atomic E-state index is -0.497. The SMILES string of the molecule is Cc1ccc(C(=O)Oc2cc(Cl)nnc2Oc2c(C)cccc2C2CC2)c(C)c1. The lowest BCUT2D eigenvalue weighted by Crippen LogP contribution is -2.12. The number of rotatable bonds is 5. The number of nitrogens with zero attached hydrogens (tertiary/aromatic N) is 2. The minimum Gasteiger partial charge on any atom is -0.434 e. The number of hydrogen-bond acceptors (Lipinski definition) is 5. The summed E-state index contributed by atoms with van der Waals surface area (Å²) in [4.78, 5) is 12.7. The highest BCUT2D eigenvalue weighted by atomic mass is 35.5. The number of para-hydroxylation sites is 1. The summed E-state index contributed by atoms with van der Waals surface area (Å²) in [5, 5.41) is 8.02. The van der Waals surface area contributed by atoms with Crippen molar-refractivity contribution in [2.24, 2.45) is 0 Å². The van der Waals surface area contributed by atoms with Crippen LogP contribution in [0.5, 0.6) is 17.4 Å². The van der Waals surface area contributed by atoms with E-state index in [1.54, 1.807) is 6.07 Å². The van der Waals surface area contributed by atoms with E-state index in [-0.39, 0.29) is 16.8 Å². The zero-order valence-corrected chi connectivity index (χ0v) is 17.3. The van der Waals surface area contributed by atoms with Gasteiger partial charge in [-0.25, -0.2) is 4.79 Å². The Balaban J connectivity index is 1.66. The molecule has 0 bridgehead atoms. The highest BCUT2D eigenvalue weighted by molar-refractivity contribution is 6.29. The second-order valence-electron chi connectivity index (χ2n) is 7.41. The fourth-order valence-electron chi connectivity index (χ4n) is 3.31. The van der Waals surface area contributed by atoms with Crippen LogP contribution in [0.3, 0.4) is 0 Å². The first kappa shape index (κ1) is 19.4. The third-order valence-electron chi connectivity index (χ3n) is 4.96. The molecule has 1 fully saturated rings. The molecule has 1 heterocycles. The van der Waals surface area contributed by atoms with E-state index in [2.05, 4.69) is 16.3 Å². The second-order valence-corrected chi connectivity index (χ2v) is 7.80. The van der Waals surface area contributed by atoms with E-state index < -0.39 is 5.97 Å². The van der Waals surface area contributed by atoms with E-state index in [0.29, 0.717) is 11.5 Å². The van der Waals surface area contributed by atoms with Crippen molar-refractivity contribution in [3.63, 3.8) is 0 Å². The van der Waals surface area contributed by atoms with Crippen molar-refractivity contribution in [2.75, 3.05) is 0 Å². The summed E-state index contributed by atoms with van der Waals surface area (Å²) < 4.78 is 11.7. The van der Waals surface area contributed by atoms with Gasteiger partial charge in [0.2, 0.25) is 0 Å². The molecule has 0 radical (unpaired) electrons. The Labute approximate surface area is 174 Å². The highest BCUT2D eigenvalue weighted by Crippen LogP contribution is 2.46. The molecule has 2 aromatic carbocycles. The zero-order chi connectivity index (χ0) is 20.5. The average Bonchev–Trinajstić information content (AvgIpc) is 3.50. The van der Waals surface area contributed by atoms with Gasteiger partial charge < -0.3 is 9.47 Å². The molecule has 0 saturated heterocycles. The normalized spacial score (nSPS) is 13.2. The molecule has 0 N–H and O–H groups in total. The Bertz CT molecular complexity index is 1090. The number of benzene rings is 2. The van der Waals surface area contributed by atoms with Crippen LogP contribution in [0.2, 0.25) is 5.15 Å². The predicted octanol–water partition coefficient (Wildman–Crippen LogP) is 5.94. The van der Waals surface area contributed by atoms with Gasteiger partial charge in [-0.2, -0.15) is 0 Å². The quantitative estimate of drug-likeness (QED) is 0.488. The molecule has 0 atom stereocenters. The molecule has 0 unspecified atom stereocenters. The van der Waals surface area contributed by atoms with Gasteiger partial charge in [-0.3, -0.25) is 0 Å². The smallest absolute Gasteiger partial charge is 0.343 e. The number of carbonyl (C=O) groups is 1. The van der Waals surface area contributed by atoms with Crippen LogP contribution < -0.4 is 9.47 Å². The molecule has 1 aliphatic rings. The van der Waals surface area contributed by atoms with Gasteiger partial charge in [-0.15, -0.1) is 10.2 Å². The zero-order valence-electron chi connectivity index (χ0n) is 16.5. The first-order chi connectivity index (χ1) is 13.9. The Morgan fingerprint density at radius 1 is 1.03 bits per heavy atom. The molecule has 1 saturated carbocycles. The summed E-state index contributed by atoms with van der Waals surface area (Å²) in [5.41, 5.74) is 4.50. The lowest BCUT2D eigenvalue weighted by molar-refractivity contribution is 0.0728. The highest BCUT2D eigenvalue weighted by Gasteiger charge is 2.28. The molecular weight excluding hydrogens is 388 g/mol. The molecule has 4 rings (SSSR count). The number of halogens is 1. The number of carbonyl (C=O) groups excluding carboxylic acids is 1. The Hall–Kier alpha value is -2.92. The molecule has 5 nitrogen and oxygen atoms in total. The molecule has 148 valence electrons. The molecular formula is C23H21ClN2O3. The van der Waals surface area contributed by atoms with Crippen LogP contribution in [0.25, 0.3) is 0 Å². The topological polar surface area (TPSA) is 61.3 Å². The fraction of sp³-hybridized carbons (Fsp3) is 0.261.